The fraction of sp³-hybridized carbons (Fsp3) is 0.857. The lowest BCUT2D eigenvalue weighted by Crippen LogP contribution is -2.42. The first kappa shape index (κ1) is 10.2. The van der Waals surface area contributed by atoms with Gasteiger partial charge in [-0.15, -0.1) is 0 Å². The van der Waals surface area contributed by atoms with Crippen LogP contribution in [-0.2, 0) is 9.59 Å². The molecule has 0 amide bonds. The van der Waals surface area contributed by atoms with Crippen LogP contribution in [0.1, 0.15) is 44.9 Å². The average molecular weight is 234 g/mol. The zero-order chi connectivity index (χ0) is 11.8. The van der Waals surface area contributed by atoms with E-state index in [4.69, 9.17) is 0 Å². The summed E-state index contributed by atoms with van der Waals surface area (Å²) in [5, 5.41) is 10.2. The van der Waals surface area contributed by atoms with Crippen LogP contribution in [0.5, 0.6) is 0 Å². The predicted octanol–water partition coefficient (Wildman–Crippen LogP) is 1.48. The van der Waals surface area contributed by atoms with E-state index in [2.05, 4.69) is 0 Å². The number of carbonyl (C=O) groups is 2. The van der Waals surface area contributed by atoms with Crippen molar-refractivity contribution in [3.8, 4) is 0 Å². The monoisotopic (exact) mass is 234 g/mol. The van der Waals surface area contributed by atoms with Gasteiger partial charge in [0.1, 0.15) is 11.6 Å². The predicted molar refractivity (Wildman–Crippen MR) is 60.2 cm³/mol. The Morgan fingerprint density at radius 2 is 1.76 bits per heavy atom. The second-order valence-corrected chi connectivity index (χ2v) is 6.65. The molecule has 5 atom stereocenters. The number of rotatable bonds is 0. The lowest BCUT2D eigenvalue weighted by Gasteiger charge is -2.46. The summed E-state index contributed by atoms with van der Waals surface area (Å²) in [6.07, 6.45) is 5.50. The number of aliphatic hydroxyl groups is 1. The Kier molecular flexibility index (Phi) is 1.70. The van der Waals surface area contributed by atoms with Crippen molar-refractivity contribution in [2.24, 2.45) is 22.7 Å². The summed E-state index contributed by atoms with van der Waals surface area (Å²) in [6.45, 7) is 0. The van der Waals surface area contributed by atoms with Gasteiger partial charge in [-0.05, 0) is 30.1 Å². The summed E-state index contributed by atoms with van der Waals surface area (Å²) in [6, 6.07) is 0. The third kappa shape index (κ3) is 0.885. The van der Waals surface area contributed by atoms with Gasteiger partial charge in [0.05, 0.1) is 12.0 Å². The molecule has 4 fully saturated rings. The van der Waals surface area contributed by atoms with Gasteiger partial charge in [0, 0.05) is 18.8 Å². The molecule has 3 nitrogen and oxygen atoms in total. The molecule has 4 saturated carbocycles. The van der Waals surface area contributed by atoms with Gasteiger partial charge in [0.2, 0.25) is 0 Å². The smallest absolute Gasteiger partial charge is 0.139 e. The molecule has 1 spiro atoms. The van der Waals surface area contributed by atoms with E-state index in [1.807, 2.05) is 0 Å². The third-order valence-corrected chi connectivity index (χ3v) is 6.28. The summed E-state index contributed by atoms with van der Waals surface area (Å²) < 4.78 is 0. The molecule has 4 rings (SSSR count). The molecule has 0 aromatic heterocycles. The van der Waals surface area contributed by atoms with Gasteiger partial charge in [-0.25, -0.2) is 0 Å². The topological polar surface area (TPSA) is 54.4 Å². The van der Waals surface area contributed by atoms with Crippen molar-refractivity contribution in [1.82, 2.24) is 0 Å². The normalized spacial score (nSPS) is 56.2. The van der Waals surface area contributed by atoms with Crippen LogP contribution in [0.15, 0.2) is 0 Å². The molecule has 0 aromatic carbocycles. The van der Waals surface area contributed by atoms with Crippen LogP contribution in [0.4, 0.5) is 0 Å². The van der Waals surface area contributed by atoms with Crippen molar-refractivity contribution < 1.29 is 14.7 Å². The van der Waals surface area contributed by atoms with E-state index < -0.39 is 6.10 Å². The van der Waals surface area contributed by atoms with E-state index >= 15 is 0 Å². The minimum atomic E-state index is -0.545. The first-order valence-corrected chi connectivity index (χ1v) is 6.84. The van der Waals surface area contributed by atoms with Gasteiger partial charge in [-0.2, -0.15) is 0 Å². The zero-order valence-corrected chi connectivity index (χ0v) is 9.95. The SMILES string of the molecule is O=C1C[C@]23CCCC[C@]24C1C[C@H](O)C4C(=O)C3. The van der Waals surface area contributed by atoms with Crippen molar-refractivity contribution in [3.05, 3.63) is 0 Å². The maximum absolute atomic E-state index is 12.2. The molecule has 0 bridgehead atoms. The molecule has 0 saturated heterocycles. The molecular weight excluding hydrogens is 216 g/mol. The van der Waals surface area contributed by atoms with E-state index in [1.54, 1.807) is 0 Å². The van der Waals surface area contributed by atoms with Crippen LogP contribution >= 0.6 is 0 Å². The number of hydrogen-bond acceptors (Lipinski definition) is 3. The van der Waals surface area contributed by atoms with Crippen LogP contribution in [0.25, 0.3) is 0 Å². The van der Waals surface area contributed by atoms with E-state index in [0.29, 0.717) is 25.0 Å². The first-order chi connectivity index (χ1) is 8.11. The standard InChI is InChI=1S/C14H18O3/c15-9-5-8-10(16)6-13-3-1-2-4-14(8,13)12(9)11(17)7-13/h8-9,12,15H,1-7H2/t8?,9-,12?,13-,14+/m0/s1. The summed E-state index contributed by atoms with van der Waals surface area (Å²) >= 11 is 0. The average Bonchev–Trinajstić information content (AvgIpc) is 2.78. The van der Waals surface area contributed by atoms with Gasteiger partial charge in [0.15, 0.2) is 0 Å². The van der Waals surface area contributed by atoms with Crippen LogP contribution < -0.4 is 0 Å². The van der Waals surface area contributed by atoms with E-state index in [9.17, 15) is 14.7 Å². The quantitative estimate of drug-likeness (QED) is 0.690. The fourth-order valence-electron chi connectivity index (χ4n) is 5.95. The lowest BCUT2D eigenvalue weighted by molar-refractivity contribution is -0.125. The molecule has 0 aromatic rings. The largest absolute Gasteiger partial charge is 0.392 e. The molecule has 17 heavy (non-hydrogen) atoms. The van der Waals surface area contributed by atoms with Crippen LogP contribution in [0.3, 0.4) is 0 Å². The van der Waals surface area contributed by atoms with E-state index in [-0.39, 0.29) is 28.4 Å². The van der Waals surface area contributed by atoms with Crippen LogP contribution in [0.2, 0.25) is 0 Å². The minimum Gasteiger partial charge on any atom is -0.392 e. The Morgan fingerprint density at radius 1 is 1.06 bits per heavy atom. The second kappa shape index (κ2) is 2.82. The summed E-state index contributed by atoms with van der Waals surface area (Å²) in [5.74, 6) is 0.365. The van der Waals surface area contributed by atoms with Crippen LogP contribution in [-0.4, -0.2) is 22.8 Å². The minimum absolute atomic E-state index is 0.00532. The molecule has 2 unspecified atom stereocenters. The highest BCUT2D eigenvalue weighted by Crippen LogP contribution is 2.75. The molecule has 1 N–H and O–H groups in total. The molecule has 0 heterocycles. The maximum Gasteiger partial charge on any atom is 0.139 e. The van der Waals surface area contributed by atoms with Crippen LogP contribution in [0, 0.1) is 22.7 Å². The highest BCUT2D eigenvalue weighted by Gasteiger charge is 2.76. The van der Waals surface area contributed by atoms with Crippen molar-refractivity contribution in [1.29, 1.82) is 0 Å². The van der Waals surface area contributed by atoms with Gasteiger partial charge in [-0.1, -0.05) is 12.8 Å². The molecular formula is C14H18O3. The molecule has 4 aliphatic rings. The molecule has 92 valence electrons. The summed E-state index contributed by atoms with van der Waals surface area (Å²) in [7, 11) is 0. The summed E-state index contributed by atoms with van der Waals surface area (Å²) in [5.41, 5.74) is -0.176. The Hall–Kier alpha value is -0.700. The Morgan fingerprint density at radius 3 is 2.59 bits per heavy atom. The number of ketones is 2. The molecule has 4 aliphatic carbocycles. The number of carbonyl (C=O) groups excluding carboxylic acids is 2. The van der Waals surface area contributed by atoms with Crippen molar-refractivity contribution >= 4 is 11.6 Å². The highest BCUT2D eigenvalue weighted by atomic mass is 16.3. The van der Waals surface area contributed by atoms with Gasteiger partial charge in [0.25, 0.3) is 0 Å². The van der Waals surface area contributed by atoms with Crippen molar-refractivity contribution in [2.45, 2.75) is 51.0 Å². The van der Waals surface area contributed by atoms with Crippen molar-refractivity contribution in [2.75, 3.05) is 0 Å². The Balaban J connectivity index is 1.95. The second-order valence-electron chi connectivity index (χ2n) is 6.65. The fourth-order valence-corrected chi connectivity index (χ4v) is 5.95. The third-order valence-electron chi connectivity index (χ3n) is 6.28. The van der Waals surface area contributed by atoms with E-state index in [0.717, 1.165) is 25.7 Å². The first-order valence-electron chi connectivity index (χ1n) is 6.84. The molecule has 0 radical (unpaired) electrons. The highest BCUT2D eigenvalue weighted by molar-refractivity contribution is 5.96. The van der Waals surface area contributed by atoms with Gasteiger partial charge < -0.3 is 5.11 Å². The van der Waals surface area contributed by atoms with E-state index in [1.165, 1.54) is 0 Å². The number of aliphatic hydroxyl groups excluding tert-OH is 1. The Bertz CT molecular complexity index is 429. The van der Waals surface area contributed by atoms with Gasteiger partial charge >= 0.3 is 0 Å². The number of hydrogen-bond donors (Lipinski definition) is 1. The van der Waals surface area contributed by atoms with Gasteiger partial charge in [-0.3, -0.25) is 9.59 Å². The molecule has 3 heteroatoms. The Labute approximate surface area is 101 Å². The summed E-state index contributed by atoms with van der Waals surface area (Å²) in [4.78, 5) is 24.5. The molecule has 0 aliphatic heterocycles. The zero-order valence-electron chi connectivity index (χ0n) is 9.95. The van der Waals surface area contributed by atoms with Crippen molar-refractivity contribution in [3.63, 3.8) is 0 Å². The number of Topliss-reactive ketones (excluding diaryl/α,β-unsaturated/α-hetero) is 2. The maximum atomic E-state index is 12.2. The lowest BCUT2D eigenvalue weighted by atomic mass is 9.56.